The van der Waals surface area contributed by atoms with Crippen molar-refractivity contribution in [2.45, 2.75) is 19.8 Å². The zero-order valence-corrected chi connectivity index (χ0v) is 11.2. The van der Waals surface area contributed by atoms with Crippen LogP contribution in [-0.4, -0.2) is 9.97 Å². The molecule has 0 unspecified atom stereocenters. The number of hydrogen-bond donors (Lipinski definition) is 0. The lowest BCUT2D eigenvalue weighted by Gasteiger charge is -2.07. The normalized spacial score (nSPS) is 9.95. The van der Waals surface area contributed by atoms with E-state index in [0.29, 0.717) is 28.2 Å². The van der Waals surface area contributed by atoms with Crippen LogP contribution in [0.5, 0.6) is 11.6 Å². The van der Waals surface area contributed by atoms with Crippen molar-refractivity contribution in [2.24, 2.45) is 0 Å². The van der Waals surface area contributed by atoms with Crippen molar-refractivity contribution in [3.63, 3.8) is 0 Å². The van der Waals surface area contributed by atoms with E-state index < -0.39 is 0 Å². The topological polar surface area (TPSA) is 58.8 Å². The smallest absolute Gasteiger partial charge is 0.224 e. The van der Waals surface area contributed by atoms with Crippen LogP contribution in [0.25, 0.3) is 0 Å². The Labute approximate surface area is 116 Å². The van der Waals surface area contributed by atoms with Crippen LogP contribution in [0, 0.1) is 11.3 Å². The van der Waals surface area contributed by atoms with Crippen LogP contribution >= 0.6 is 11.6 Å². The standard InChI is InChI=1S/C14H12ClN3O/c1-2-5-13-17-12(15)8-14(18-13)19-11-7-4-3-6-10(11)9-16/h3-4,6-8H,2,5H2,1H3. The van der Waals surface area contributed by atoms with Gasteiger partial charge in [0.25, 0.3) is 0 Å². The fourth-order valence-electron chi connectivity index (χ4n) is 1.59. The van der Waals surface area contributed by atoms with Crippen molar-refractivity contribution in [1.29, 1.82) is 5.26 Å². The third-order valence-electron chi connectivity index (χ3n) is 2.41. The Balaban J connectivity index is 2.30. The first-order valence-electron chi connectivity index (χ1n) is 5.93. The van der Waals surface area contributed by atoms with Crippen LogP contribution in [-0.2, 0) is 6.42 Å². The van der Waals surface area contributed by atoms with Crippen molar-refractivity contribution in [2.75, 3.05) is 0 Å². The van der Waals surface area contributed by atoms with E-state index in [-0.39, 0.29) is 0 Å². The number of hydrogen-bond acceptors (Lipinski definition) is 4. The Morgan fingerprint density at radius 2 is 2.11 bits per heavy atom. The summed E-state index contributed by atoms with van der Waals surface area (Å²) in [7, 11) is 0. The Bertz CT molecular complexity index is 622. The maximum Gasteiger partial charge on any atom is 0.224 e. The van der Waals surface area contributed by atoms with Crippen molar-refractivity contribution in [3.8, 4) is 17.7 Å². The summed E-state index contributed by atoms with van der Waals surface area (Å²) in [5, 5.41) is 9.34. The molecule has 0 aliphatic carbocycles. The predicted molar refractivity (Wildman–Crippen MR) is 72.3 cm³/mol. The molecule has 0 fully saturated rings. The first-order chi connectivity index (χ1) is 9.22. The first kappa shape index (κ1) is 13.3. The highest BCUT2D eigenvalue weighted by atomic mass is 35.5. The molecule has 0 radical (unpaired) electrons. The van der Waals surface area contributed by atoms with Gasteiger partial charge in [-0.3, -0.25) is 0 Å². The number of ether oxygens (including phenoxy) is 1. The van der Waals surface area contributed by atoms with Gasteiger partial charge in [-0.25, -0.2) is 4.98 Å². The van der Waals surface area contributed by atoms with Crippen molar-refractivity contribution < 1.29 is 4.74 Å². The van der Waals surface area contributed by atoms with Crippen LogP contribution < -0.4 is 4.74 Å². The molecule has 0 atom stereocenters. The number of benzene rings is 1. The molecule has 4 nitrogen and oxygen atoms in total. The van der Waals surface area contributed by atoms with Gasteiger partial charge in [-0.2, -0.15) is 10.2 Å². The highest BCUT2D eigenvalue weighted by molar-refractivity contribution is 6.29. The van der Waals surface area contributed by atoms with E-state index in [0.717, 1.165) is 12.8 Å². The second-order valence-corrected chi connectivity index (χ2v) is 4.29. The monoisotopic (exact) mass is 273 g/mol. The Morgan fingerprint density at radius 1 is 1.32 bits per heavy atom. The summed E-state index contributed by atoms with van der Waals surface area (Å²) >= 11 is 5.93. The Hall–Kier alpha value is -2.12. The molecule has 2 rings (SSSR count). The molecule has 1 heterocycles. The summed E-state index contributed by atoms with van der Waals surface area (Å²) in [6, 6.07) is 10.6. The third kappa shape index (κ3) is 3.43. The van der Waals surface area contributed by atoms with Crippen LogP contribution in [0.2, 0.25) is 5.15 Å². The molecular formula is C14H12ClN3O. The third-order valence-corrected chi connectivity index (χ3v) is 2.61. The number of aryl methyl sites for hydroxylation is 1. The Morgan fingerprint density at radius 3 is 2.84 bits per heavy atom. The summed E-state index contributed by atoms with van der Waals surface area (Å²) in [6.07, 6.45) is 1.66. The summed E-state index contributed by atoms with van der Waals surface area (Å²) < 4.78 is 5.61. The largest absolute Gasteiger partial charge is 0.437 e. The van der Waals surface area contributed by atoms with Crippen LogP contribution in [0.15, 0.2) is 30.3 Å². The second kappa shape index (κ2) is 6.17. The molecule has 1 aromatic heterocycles. The predicted octanol–water partition coefficient (Wildman–Crippen LogP) is 3.75. The first-order valence-corrected chi connectivity index (χ1v) is 6.31. The van der Waals surface area contributed by atoms with Gasteiger partial charge >= 0.3 is 0 Å². The SMILES string of the molecule is CCCc1nc(Cl)cc(Oc2ccccc2C#N)n1. The van der Waals surface area contributed by atoms with Gasteiger partial charge in [0.15, 0.2) is 0 Å². The van der Waals surface area contributed by atoms with Gasteiger partial charge in [0.05, 0.1) is 5.56 Å². The van der Waals surface area contributed by atoms with Crippen molar-refractivity contribution in [1.82, 2.24) is 9.97 Å². The number of halogens is 1. The van der Waals surface area contributed by atoms with E-state index in [1.54, 1.807) is 24.3 Å². The summed E-state index contributed by atoms with van der Waals surface area (Å²) in [5.74, 6) is 1.45. The van der Waals surface area contributed by atoms with Gasteiger partial charge < -0.3 is 4.74 Å². The lowest BCUT2D eigenvalue weighted by atomic mass is 10.2. The molecule has 1 aromatic carbocycles. The average Bonchev–Trinajstić information content (AvgIpc) is 2.39. The molecule has 0 saturated heterocycles. The van der Waals surface area contributed by atoms with Crippen LogP contribution in [0.4, 0.5) is 0 Å². The minimum absolute atomic E-state index is 0.336. The van der Waals surface area contributed by atoms with Gasteiger partial charge in [-0.05, 0) is 18.6 Å². The highest BCUT2D eigenvalue weighted by Crippen LogP contribution is 2.24. The van der Waals surface area contributed by atoms with Crippen molar-refractivity contribution in [3.05, 3.63) is 46.9 Å². The lowest BCUT2D eigenvalue weighted by Crippen LogP contribution is -1.98. The summed E-state index contributed by atoms with van der Waals surface area (Å²) in [5.41, 5.74) is 0.453. The Kier molecular flexibility index (Phi) is 4.32. The maximum atomic E-state index is 9.00. The fraction of sp³-hybridized carbons (Fsp3) is 0.214. The molecule has 0 amide bonds. The van der Waals surface area contributed by atoms with Gasteiger partial charge in [0.1, 0.15) is 22.8 Å². The van der Waals surface area contributed by atoms with E-state index >= 15 is 0 Å². The van der Waals surface area contributed by atoms with Gasteiger partial charge in [-0.1, -0.05) is 30.7 Å². The van der Waals surface area contributed by atoms with E-state index in [2.05, 4.69) is 16.0 Å². The maximum absolute atomic E-state index is 9.00. The minimum atomic E-state index is 0.336. The highest BCUT2D eigenvalue weighted by Gasteiger charge is 2.07. The lowest BCUT2D eigenvalue weighted by molar-refractivity contribution is 0.457. The van der Waals surface area contributed by atoms with E-state index in [1.807, 2.05) is 6.92 Å². The molecule has 0 bridgehead atoms. The van der Waals surface area contributed by atoms with Crippen molar-refractivity contribution >= 4 is 11.6 Å². The number of aromatic nitrogens is 2. The molecule has 5 heteroatoms. The van der Waals surface area contributed by atoms with Gasteiger partial charge in [-0.15, -0.1) is 0 Å². The number of nitriles is 1. The zero-order valence-electron chi connectivity index (χ0n) is 10.4. The minimum Gasteiger partial charge on any atom is -0.437 e. The van der Waals surface area contributed by atoms with E-state index in [1.165, 1.54) is 6.07 Å². The molecule has 96 valence electrons. The number of rotatable bonds is 4. The number of para-hydroxylation sites is 1. The molecule has 19 heavy (non-hydrogen) atoms. The molecule has 0 spiro atoms. The van der Waals surface area contributed by atoms with E-state index in [9.17, 15) is 0 Å². The molecule has 0 N–H and O–H groups in total. The second-order valence-electron chi connectivity index (χ2n) is 3.91. The fourth-order valence-corrected chi connectivity index (χ4v) is 1.78. The average molecular weight is 274 g/mol. The molecule has 0 aliphatic rings. The van der Waals surface area contributed by atoms with Gasteiger partial charge in [0, 0.05) is 12.5 Å². The van der Waals surface area contributed by atoms with Crippen LogP contribution in [0.1, 0.15) is 24.7 Å². The molecule has 0 aliphatic heterocycles. The summed E-state index contributed by atoms with van der Waals surface area (Å²) in [6.45, 7) is 2.04. The number of nitrogens with zero attached hydrogens (tertiary/aromatic N) is 3. The van der Waals surface area contributed by atoms with E-state index in [4.69, 9.17) is 21.6 Å². The van der Waals surface area contributed by atoms with Gasteiger partial charge in [0.2, 0.25) is 5.88 Å². The zero-order chi connectivity index (χ0) is 13.7. The summed E-state index contributed by atoms with van der Waals surface area (Å²) in [4.78, 5) is 8.38. The van der Waals surface area contributed by atoms with Crippen LogP contribution in [0.3, 0.4) is 0 Å². The molecule has 2 aromatic rings. The molecule has 0 saturated carbocycles. The molecular weight excluding hydrogens is 262 g/mol. The quantitative estimate of drug-likeness (QED) is 0.796.